The molecule has 0 atom stereocenters. The highest BCUT2D eigenvalue weighted by molar-refractivity contribution is 6.30. The molecular formula is C21H26ClN5O. The van der Waals surface area contributed by atoms with Crippen molar-refractivity contribution in [2.24, 2.45) is 5.92 Å². The molecule has 2 aliphatic rings. The molecule has 0 unspecified atom stereocenters. The number of halogens is 1. The van der Waals surface area contributed by atoms with E-state index < -0.39 is 0 Å². The number of piperidine rings is 1. The van der Waals surface area contributed by atoms with Crippen LogP contribution in [0.4, 0.5) is 11.6 Å². The summed E-state index contributed by atoms with van der Waals surface area (Å²) in [5.41, 5.74) is 1.06. The highest BCUT2D eigenvalue weighted by Crippen LogP contribution is 2.24. The largest absolute Gasteiger partial charge is 0.355 e. The van der Waals surface area contributed by atoms with Crippen LogP contribution in [0.15, 0.2) is 36.4 Å². The number of hydrogen-bond acceptors (Lipinski definition) is 5. The van der Waals surface area contributed by atoms with E-state index in [0.717, 1.165) is 56.2 Å². The standard InChI is InChI=1S/C21H26ClN5O/c22-18-5-3-16(4-6-18)15-23-21(28)17-9-13-27(14-10-17)20-8-7-19(24-25-20)26-11-1-2-12-26/h3-8,17H,1-2,9-15H2,(H,23,28). The maximum absolute atomic E-state index is 12.5. The molecule has 1 N–H and O–H groups in total. The number of carbonyl (C=O) groups excluding carboxylic acids is 1. The number of carbonyl (C=O) groups is 1. The van der Waals surface area contributed by atoms with E-state index in [0.29, 0.717) is 11.6 Å². The van der Waals surface area contributed by atoms with Crippen molar-refractivity contribution >= 4 is 29.1 Å². The lowest BCUT2D eigenvalue weighted by Crippen LogP contribution is -2.40. The minimum atomic E-state index is 0.0559. The van der Waals surface area contributed by atoms with E-state index in [4.69, 9.17) is 11.6 Å². The minimum absolute atomic E-state index is 0.0559. The molecule has 2 aromatic rings. The summed E-state index contributed by atoms with van der Waals surface area (Å²) in [7, 11) is 0. The molecular weight excluding hydrogens is 374 g/mol. The van der Waals surface area contributed by atoms with E-state index >= 15 is 0 Å². The zero-order chi connectivity index (χ0) is 19.3. The van der Waals surface area contributed by atoms with Crippen LogP contribution in [0, 0.1) is 5.92 Å². The maximum atomic E-state index is 12.5. The van der Waals surface area contributed by atoms with Gasteiger partial charge in [0, 0.05) is 43.7 Å². The molecule has 148 valence electrons. The molecule has 28 heavy (non-hydrogen) atoms. The molecule has 2 aliphatic heterocycles. The second-order valence-electron chi connectivity index (χ2n) is 7.55. The average molecular weight is 400 g/mol. The van der Waals surface area contributed by atoms with Crippen LogP contribution < -0.4 is 15.1 Å². The Bertz CT molecular complexity index is 781. The van der Waals surface area contributed by atoms with Gasteiger partial charge in [-0.3, -0.25) is 4.79 Å². The number of hydrogen-bond donors (Lipinski definition) is 1. The number of benzene rings is 1. The number of rotatable bonds is 5. The summed E-state index contributed by atoms with van der Waals surface area (Å²) < 4.78 is 0. The lowest BCUT2D eigenvalue weighted by Gasteiger charge is -2.32. The van der Waals surface area contributed by atoms with Crippen LogP contribution in [-0.2, 0) is 11.3 Å². The second-order valence-corrected chi connectivity index (χ2v) is 7.99. The van der Waals surface area contributed by atoms with Gasteiger partial charge in [0.2, 0.25) is 5.91 Å². The predicted molar refractivity (Wildman–Crippen MR) is 112 cm³/mol. The van der Waals surface area contributed by atoms with E-state index in [1.54, 1.807) is 0 Å². The Morgan fingerprint density at radius 1 is 0.929 bits per heavy atom. The molecule has 0 radical (unpaired) electrons. The number of amides is 1. The molecule has 0 bridgehead atoms. The monoisotopic (exact) mass is 399 g/mol. The van der Waals surface area contributed by atoms with Crippen LogP contribution in [0.5, 0.6) is 0 Å². The first kappa shape index (κ1) is 19.0. The van der Waals surface area contributed by atoms with Gasteiger partial charge in [-0.2, -0.15) is 0 Å². The van der Waals surface area contributed by atoms with Gasteiger partial charge in [0.25, 0.3) is 0 Å². The molecule has 2 fully saturated rings. The molecule has 7 heteroatoms. The third-order valence-electron chi connectivity index (χ3n) is 5.64. The predicted octanol–water partition coefficient (Wildman–Crippen LogP) is 3.26. The van der Waals surface area contributed by atoms with Gasteiger partial charge in [-0.1, -0.05) is 23.7 Å². The third kappa shape index (κ3) is 4.55. The van der Waals surface area contributed by atoms with Gasteiger partial charge in [0.05, 0.1) is 0 Å². The highest BCUT2D eigenvalue weighted by Gasteiger charge is 2.26. The summed E-state index contributed by atoms with van der Waals surface area (Å²) in [5.74, 6) is 2.06. The fourth-order valence-electron chi connectivity index (χ4n) is 3.91. The lowest BCUT2D eigenvalue weighted by molar-refractivity contribution is -0.125. The molecule has 0 aliphatic carbocycles. The third-order valence-corrected chi connectivity index (χ3v) is 5.89. The van der Waals surface area contributed by atoms with Crippen molar-refractivity contribution < 1.29 is 4.79 Å². The molecule has 1 aromatic carbocycles. The summed E-state index contributed by atoms with van der Waals surface area (Å²) in [6.07, 6.45) is 4.14. The van der Waals surface area contributed by atoms with Gasteiger partial charge in [-0.15, -0.1) is 10.2 Å². The van der Waals surface area contributed by atoms with Crippen molar-refractivity contribution in [2.75, 3.05) is 36.0 Å². The van der Waals surface area contributed by atoms with Gasteiger partial charge >= 0.3 is 0 Å². The van der Waals surface area contributed by atoms with E-state index in [-0.39, 0.29) is 11.8 Å². The first-order valence-electron chi connectivity index (χ1n) is 10.0. The Hall–Kier alpha value is -2.34. The highest BCUT2D eigenvalue weighted by atomic mass is 35.5. The van der Waals surface area contributed by atoms with E-state index in [1.807, 2.05) is 24.3 Å². The zero-order valence-electron chi connectivity index (χ0n) is 16.0. The van der Waals surface area contributed by atoms with Crippen molar-refractivity contribution in [3.8, 4) is 0 Å². The smallest absolute Gasteiger partial charge is 0.223 e. The number of anilines is 2. The molecule has 1 amide bonds. The van der Waals surface area contributed by atoms with E-state index in [9.17, 15) is 4.79 Å². The molecule has 2 saturated heterocycles. The van der Waals surface area contributed by atoms with Crippen LogP contribution in [0.1, 0.15) is 31.2 Å². The Kier molecular flexibility index (Phi) is 5.95. The van der Waals surface area contributed by atoms with Crippen molar-refractivity contribution in [1.82, 2.24) is 15.5 Å². The van der Waals surface area contributed by atoms with E-state index in [1.165, 1.54) is 12.8 Å². The zero-order valence-corrected chi connectivity index (χ0v) is 16.7. The van der Waals surface area contributed by atoms with Gasteiger partial charge < -0.3 is 15.1 Å². The van der Waals surface area contributed by atoms with E-state index in [2.05, 4.69) is 37.4 Å². The van der Waals surface area contributed by atoms with Crippen LogP contribution in [0.25, 0.3) is 0 Å². The molecule has 4 rings (SSSR count). The second kappa shape index (κ2) is 8.78. The van der Waals surface area contributed by atoms with Crippen LogP contribution in [-0.4, -0.2) is 42.3 Å². The van der Waals surface area contributed by atoms with Gasteiger partial charge in [-0.25, -0.2) is 0 Å². The summed E-state index contributed by atoms with van der Waals surface area (Å²) in [6, 6.07) is 11.7. The SMILES string of the molecule is O=C(NCc1ccc(Cl)cc1)C1CCN(c2ccc(N3CCCC3)nn2)CC1. The van der Waals surface area contributed by atoms with Gasteiger partial charge in [0.1, 0.15) is 0 Å². The Morgan fingerprint density at radius 3 is 2.07 bits per heavy atom. The van der Waals surface area contributed by atoms with Crippen LogP contribution in [0.3, 0.4) is 0 Å². The van der Waals surface area contributed by atoms with Gasteiger partial charge in [0.15, 0.2) is 11.6 Å². The van der Waals surface area contributed by atoms with Crippen molar-refractivity contribution in [1.29, 1.82) is 0 Å². The Balaban J connectivity index is 1.25. The Morgan fingerprint density at radius 2 is 1.50 bits per heavy atom. The van der Waals surface area contributed by atoms with Crippen molar-refractivity contribution in [2.45, 2.75) is 32.2 Å². The van der Waals surface area contributed by atoms with Gasteiger partial charge in [-0.05, 0) is 55.5 Å². The molecule has 1 aromatic heterocycles. The minimum Gasteiger partial charge on any atom is -0.355 e. The molecule has 6 nitrogen and oxygen atoms in total. The summed E-state index contributed by atoms with van der Waals surface area (Å²) in [4.78, 5) is 17.0. The first-order chi connectivity index (χ1) is 13.7. The topological polar surface area (TPSA) is 61.4 Å². The number of nitrogens with zero attached hydrogens (tertiary/aromatic N) is 4. The molecule has 0 spiro atoms. The normalized spacial score (nSPS) is 17.8. The summed E-state index contributed by atoms with van der Waals surface area (Å²) in [6.45, 7) is 4.35. The molecule has 0 saturated carbocycles. The molecule has 3 heterocycles. The number of nitrogens with one attached hydrogen (secondary N) is 1. The summed E-state index contributed by atoms with van der Waals surface area (Å²) in [5, 5.41) is 12.6. The van der Waals surface area contributed by atoms with Crippen LogP contribution in [0.2, 0.25) is 5.02 Å². The van der Waals surface area contributed by atoms with Crippen LogP contribution >= 0.6 is 11.6 Å². The quantitative estimate of drug-likeness (QED) is 0.836. The first-order valence-corrected chi connectivity index (χ1v) is 10.4. The average Bonchev–Trinajstić information content (AvgIpc) is 3.28. The maximum Gasteiger partial charge on any atom is 0.223 e. The summed E-state index contributed by atoms with van der Waals surface area (Å²) >= 11 is 5.90. The number of aromatic nitrogens is 2. The lowest BCUT2D eigenvalue weighted by atomic mass is 9.96. The van der Waals surface area contributed by atoms with Crippen molar-refractivity contribution in [3.05, 3.63) is 47.0 Å². The fourth-order valence-corrected chi connectivity index (χ4v) is 4.03. The fraction of sp³-hybridized carbons (Fsp3) is 0.476. The Labute approximate surface area is 170 Å². The van der Waals surface area contributed by atoms with Crippen molar-refractivity contribution in [3.63, 3.8) is 0 Å².